The summed E-state index contributed by atoms with van der Waals surface area (Å²) in [5, 5.41) is 25.7. The number of phosphoric ester groups is 1. The van der Waals surface area contributed by atoms with Gasteiger partial charge in [-0.3, -0.25) is 4.52 Å². The van der Waals surface area contributed by atoms with Crippen LogP contribution < -0.4 is 0 Å². The number of unbranched alkanes of at least 4 members (excludes halogenated alkanes) is 7. The third-order valence-electron chi connectivity index (χ3n) is 3.12. The molecule has 2 atom stereocenters. The van der Waals surface area contributed by atoms with E-state index in [0.29, 0.717) is 0 Å². The van der Waals surface area contributed by atoms with Crippen LogP contribution in [0.15, 0.2) is 0 Å². The summed E-state index contributed by atoms with van der Waals surface area (Å²) in [7, 11) is -4.50. The van der Waals surface area contributed by atoms with Gasteiger partial charge in [-0.25, -0.2) is 4.57 Å². The summed E-state index contributed by atoms with van der Waals surface area (Å²) in [4.78, 5) is 16.1. The Kier molecular flexibility index (Phi) is 25.2. The molecule has 0 aromatic heterocycles. The van der Waals surface area contributed by atoms with Crippen molar-refractivity contribution in [3.63, 3.8) is 0 Å². The predicted octanol–water partition coefficient (Wildman–Crippen LogP) is 1.70. The third kappa shape index (κ3) is 30.8. The fraction of sp³-hybridized carbons (Fsp3) is 1.00. The Bertz CT molecular complexity index is 287. The van der Waals surface area contributed by atoms with Crippen LogP contribution in [0.3, 0.4) is 0 Å². The van der Waals surface area contributed by atoms with Gasteiger partial charge in [-0.15, -0.1) is 0 Å². The SMILES string of the molecule is CCCCCCCCCCC(C)O.O=P(O)(O)OCC(O)CO.[NaH]. The van der Waals surface area contributed by atoms with Gasteiger partial charge in [0.2, 0.25) is 0 Å². The molecular formula is C15H36NaO7P. The van der Waals surface area contributed by atoms with E-state index in [1.165, 1.54) is 51.4 Å². The first-order valence-corrected chi connectivity index (χ1v) is 9.93. The van der Waals surface area contributed by atoms with Gasteiger partial charge in [0.1, 0.15) is 6.10 Å². The molecule has 0 radical (unpaired) electrons. The molecule has 144 valence electrons. The molecule has 0 heterocycles. The Labute approximate surface area is 168 Å². The molecule has 0 saturated heterocycles. The molecule has 0 spiro atoms. The Hall–Kier alpha value is 0.990. The average molecular weight is 382 g/mol. The Morgan fingerprint density at radius 3 is 1.79 bits per heavy atom. The second-order valence-electron chi connectivity index (χ2n) is 5.74. The van der Waals surface area contributed by atoms with Crippen LogP contribution >= 0.6 is 7.82 Å². The van der Waals surface area contributed by atoms with Crippen molar-refractivity contribution in [1.82, 2.24) is 0 Å². The van der Waals surface area contributed by atoms with E-state index in [0.717, 1.165) is 6.42 Å². The number of rotatable bonds is 13. The molecule has 7 nitrogen and oxygen atoms in total. The summed E-state index contributed by atoms with van der Waals surface area (Å²) in [6.07, 6.45) is 10.4. The van der Waals surface area contributed by atoms with Crippen molar-refractivity contribution in [3.8, 4) is 0 Å². The third-order valence-corrected chi connectivity index (χ3v) is 3.61. The molecule has 5 N–H and O–H groups in total. The van der Waals surface area contributed by atoms with Crippen molar-refractivity contribution in [3.05, 3.63) is 0 Å². The first-order chi connectivity index (χ1) is 10.7. The molecule has 9 heteroatoms. The van der Waals surface area contributed by atoms with Crippen LogP contribution in [-0.2, 0) is 9.09 Å². The monoisotopic (exact) mass is 382 g/mol. The van der Waals surface area contributed by atoms with E-state index in [2.05, 4.69) is 11.4 Å². The van der Waals surface area contributed by atoms with Crippen LogP contribution in [0.5, 0.6) is 0 Å². The van der Waals surface area contributed by atoms with Crippen molar-refractivity contribution < 1.29 is 34.2 Å². The Balaban J connectivity index is -0.000000364. The van der Waals surface area contributed by atoms with Crippen LogP contribution in [-0.4, -0.2) is 80.1 Å². The van der Waals surface area contributed by atoms with Crippen LogP contribution in [0.1, 0.15) is 71.6 Å². The van der Waals surface area contributed by atoms with Gasteiger partial charge < -0.3 is 25.1 Å². The van der Waals surface area contributed by atoms with E-state index < -0.39 is 27.1 Å². The zero-order valence-electron chi connectivity index (χ0n) is 14.4. The van der Waals surface area contributed by atoms with Gasteiger partial charge in [0.15, 0.2) is 0 Å². The number of phosphoric acid groups is 1. The van der Waals surface area contributed by atoms with E-state index in [1.807, 2.05) is 6.92 Å². The molecule has 0 amide bonds. The molecule has 0 saturated carbocycles. The molecule has 0 aromatic carbocycles. The number of aliphatic hydroxyl groups excluding tert-OH is 3. The number of hydrogen-bond donors (Lipinski definition) is 5. The maximum atomic E-state index is 9.93. The minimum absolute atomic E-state index is 0. The van der Waals surface area contributed by atoms with Gasteiger partial charge in [-0.1, -0.05) is 58.3 Å². The minimum atomic E-state index is -4.50. The standard InChI is InChI=1S/C12H26O.C3H9O6P.Na.H/c1-3-4-5-6-7-8-9-10-11-12(2)13;4-1-3(5)2-9-10(6,7)8;;/h12-13H,3-11H2,1-2H3;3-5H,1-2H2,(H2,6,7,8);;. The molecular weight excluding hydrogens is 346 g/mol. The van der Waals surface area contributed by atoms with Gasteiger partial charge in [-0.2, -0.15) is 0 Å². The topological polar surface area (TPSA) is 127 Å². The Morgan fingerprint density at radius 1 is 0.958 bits per heavy atom. The molecule has 0 bridgehead atoms. The summed E-state index contributed by atoms with van der Waals surface area (Å²) in [6, 6.07) is 0. The first kappa shape index (κ1) is 29.7. The van der Waals surface area contributed by atoms with E-state index in [9.17, 15) is 4.57 Å². The van der Waals surface area contributed by atoms with E-state index in [1.54, 1.807) is 0 Å². The van der Waals surface area contributed by atoms with Gasteiger partial charge in [-0.05, 0) is 13.3 Å². The van der Waals surface area contributed by atoms with Crippen LogP contribution in [0.25, 0.3) is 0 Å². The van der Waals surface area contributed by atoms with Gasteiger partial charge in [0.05, 0.1) is 19.3 Å². The quantitative estimate of drug-likeness (QED) is 0.186. The van der Waals surface area contributed by atoms with Gasteiger partial charge in [0, 0.05) is 0 Å². The summed E-state index contributed by atoms with van der Waals surface area (Å²) in [5.41, 5.74) is 0. The molecule has 0 aliphatic carbocycles. The van der Waals surface area contributed by atoms with Crippen molar-refractivity contribution in [2.24, 2.45) is 0 Å². The molecule has 0 aromatic rings. The van der Waals surface area contributed by atoms with Gasteiger partial charge >= 0.3 is 37.4 Å². The molecule has 2 unspecified atom stereocenters. The summed E-state index contributed by atoms with van der Waals surface area (Å²) in [6.45, 7) is 2.98. The normalized spacial score (nSPS) is 13.5. The van der Waals surface area contributed by atoms with Crippen molar-refractivity contribution in [1.29, 1.82) is 0 Å². The van der Waals surface area contributed by atoms with Crippen LogP contribution in [0.4, 0.5) is 0 Å². The molecule has 0 aliphatic heterocycles. The molecule has 0 aliphatic rings. The Morgan fingerprint density at radius 2 is 1.42 bits per heavy atom. The second-order valence-corrected chi connectivity index (χ2v) is 6.97. The fourth-order valence-electron chi connectivity index (χ4n) is 1.81. The van der Waals surface area contributed by atoms with Crippen LogP contribution in [0, 0.1) is 0 Å². The zero-order chi connectivity index (χ0) is 18.1. The molecule has 0 rings (SSSR count). The number of hydrogen-bond acceptors (Lipinski definition) is 5. The van der Waals surface area contributed by atoms with E-state index in [-0.39, 0.29) is 35.7 Å². The van der Waals surface area contributed by atoms with E-state index >= 15 is 0 Å². The van der Waals surface area contributed by atoms with Crippen LogP contribution in [0.2, 0.25) is 0 Å². The molecule has 0 fully saturated rings. The summed E-state index contributed by atoms with van der Waals surface area (Å²) >= 11 is 0. The van der Waals surface area contributed by atoms with E-state index in [4.69, 9.17) is 25.1 Å². The zero-order valence-corrected chi connectivity index (χ0v) is 15.3. The van der Waals surface area contributed by atoms with Crippen molar-refractivity contribution in [2.75, 3.05) is 13.2 Å². The fourth-order valence-corrected chi connectivity index (χ4v) is 2.18. The van der Waals surface area contributed by atoms with Crippen molar-refractivity contribution in [2.45, 2.75) is 83.8 Å². The predicted molar refractivity (Wildman–Crippen MR) is 97.1 cm³/mol. The van der Waals surface area contributed by atoms with Gasteiger partial charge in [0.25, 0.3) is 0 Å². The van der Waals surface area contributed by atoms with Crippen molar-refractivity contribution >= 4 is 37.4 Å². The summed E-state index contributed by atoms with van der Waals surface area (Å²) in [5.74, 6) is 0. The summed E-state index contributed by atoms with van der Waals surface area (Å²) < 4.78 is 13.8. The first-order valence-electron chi connectivity index (χ1n) is 8.40. The second kappa shape index (κ2) is 20.3. The average Bonchev–Trinajstić information content (AvgIpc) is 2.47. The number of aliphatic hydroxyl groups is 3. The maximum absolute atomic E-state index is 9.93. The molecule has 24 heavy (non-hydrogen) atoms.